The quantitative estimate of drug-likeness (QED) is 0.755. The summed E-state index contributed by atoms with van der Waals surface area (Å²) in [5, 5.41) is 7.01. The Labute approximate surface area is 146 Å². The highest BCUT2D eigenvalue weighted by atomic mass is 35.5. The van der Waals surface area contributed by atoms with Crippen molar-refractivity contribution in [3.63, 3.8) is 0 Å². The molecule has 3 rings (SSSR count). The number of aromatic nitrogens is 2. The molecule has 5 nitrogen and oxygen atoms in total. The van der Waals surface area contributed by atoms with Crippen LogP contribution in [0.5, 0.6) is 0 Å². The molecule has 0 spiro atoms. The summed E-state index contributed by atoms with van der Waals surface area (Å²) in [5.41, 5.74) is 0.495. The fourth-order valence-electron chi connectivity index (χ4n) is 2.00. The second kappa shape index (κ2) is 6.98. The van der Waals surface area contributed by atoms with Crippen LogP contribution in [0.4, 0.5) is 4.39 Å². The minimum absolute atomic E-state index is 0.0433. The molecule has 1 amide bonds. The van der Waals surface area contributed by atoms with Crippen LogP contribution in [0.3, 0.4) is 0 Å². The monoisotopic (exact) mass is 365 g/mol. The molecular formula is C16H10Cl2FN3O2. The first kappa shape index (κ1) is 16.4. The third-order valence-electron chi connectivity index (χ3n) is 3.16. The highest BCUT2D eigenvalue weighted by Gasteiger charge is 2.15. The summed E-state index contributed by atoms with van der Waals surface area (Å²) >= 11 is 11.7. The molecule has 8 heteroatoms. The van der Waals surface area contributed by atoms with Crippen molar-refractivity contribution in [2.45, 2.75) is 6.54 Å². The lowest BCUT2D eigenvalue weighted by Crippen LogP contribution is -2.24. The van der Waals surface area contributed by atoms with Crippen molar-refractivity contribution in [2.75, 3.05) is 0 Å². The van der Waals surface area contributed by atoms with E-state index >= 15 is 0 Å². The highest BCUT2D eigenvalue weighted by Crippen LogP contribution is 2.24. The summed E-state index contributed by atoms with van der Waals surface area (Å²) in [6.07, 6.45) is 0. The zero-order chi connectivity index (χ0) is 17.1. The number of amides is 1. The van der Waals surface area contributed by atoms with E-state index in [1.165, 1.54) is 12.1 Å². The molecule has 0 saturated carbocycles. The molecule has 0 aliphatic carbocycles. The molecule has 0 aliphatic rings. The van der Waals surface area contributed by atoms with E-state index < -0.39 is 11.7 Å². The van der Waals surface area contributed by atoms with Gasteiger partial charge in [-0.15, -0.1) is 0 Å². The van der Waals surface area contributed by atoms with Crippen LogP contribution in [-0.2, 0) is 6.54 Å². The molecule has 0 aliphatic heterocycles. The standard InChI is InChI=1S/C16H10Cl2FN3O2/c17-9-5-6-11(13(19)7-9)16(23)20-8-14-21-15(22-24-14)10-3-1-2-4-12(10)18/h1-7H,8H2,(H,20,23). The Hall–Kier alpha value is -2.44. The van der Waals surface area contributed by atoms with Crippen LogP contribution in [0.1, 0.15) is 16.2 Å². The van der Waals surface area contributed by atoms with Gasteiger partial charge < -0.3 is 9.84 Å². The normalized spacial score (nSPS) is 10.6. The van der Waals surface area contributed by atoms with Crippen LogP contribution >= 0.6 is 23.2 Å². The van der Waals surface area contributed by atoms with Crippen molar-refractivity contribution in [3.8, 4) is 11.4 Å². The number of hydrogen-bond donors (Lipinski definition) is 1. The van der Waals surface area contributed by atoms with Gasteiger partial charge in [0.2, 0.25) is 11.7 Å². The van der Waals surface area contributed by atoms with Gasteiger partial charge in [-0.1, -0.05) is 40.5 Å². The topological polar surface area (TPSA) is 68.0 Å². The van der Waals surface area contributed by atoms with Crippen LogP contribution in [0.15, 0.2) is 47.0 Å². The van der Waals surface area contributed by atoms with Gasteiger partial charge in [-0.3, -0.25) is 4.79 Å². The van der Waals surface area contributed by atoms with Crippen LogP contribution < -0.4 is 5.32 Å². The average Bonchev–Trinajstić information content (AvgIpc) is 3.02. The lowest BCUT2D eigenvalue weighted by molar-refractivity contribution is 0.0942. The zero-order valence-electron chi connectivity index (χ0n) is 12.1. The minimum Gasteiger partial charge on any atom is -0.343 e. The van der Waals surface area contributed by atoms with E-state index in [1.807, 2.05) is 0 Å². The van der Waals surface area contributed by atoms with E-state index in [9.17, 15) is 9.18 Å². The smallest absolute Gasteiger partial charge is 0.254 e. The number of carbonyl (C=O) groups is 1. The van der Waals surface area contributed by atoms with Gasteiger partial charge in [-0.05, 0) is 30.3 Å². The first-order chi connectivity index (χ1) is 11.5. The van der Waals surface area contributed by atoms with Gasteiger partial charge in [-0.25, -0.2) is 4.39 Å². The van der Waals surface area contributed by atoms with Gasteiger partial charge in [-0.2, -0.15) is 4.98 Å². The first-order valence-electron chi connectivity index (χ1n) is 6.85. The molecule has 1 N–H and O–H groups in total. The van der Waals surface area contributed by atoms with E-state index in [2.05, 4.69) is 15.5 Å². The SMILES string of the molecule is O=C(NCc1nc(-c2ccccc2Cl)no1)c1ccc(Cl)cc1F. The molecular weight excluding hydrogens is 356 g/mol. The van der Waals surface area contributed by atoms with Gasteiger partial charge in [0.15, 0.2) is 0 Å². The maximum Gasteiger partial charge on any atom is 0.254 e. The summed E-state index contributed by atoms with van der Waals surface area (Å²) in [7, 11) is 0. The summed E-state index contributed by atoms with van der Waals surface area (Å²) in [5.74, 6) is -0.834. The fourth-order valence-corrected chi connectivity index (χ4v) is 2.38. The van der Waals surface area contributed by atoms with E-state index in [4.69, 9.17) is 27.7 Å². The Bertz CT molecular complexity index is 899. The molecule has 1 aromatic heterocycles. The molecule has 1 heterocycles. The molecule has 0 radical (unpaired) electrons. The van der Waals surface area contributed by atoms with Crippen molar-refractivity contribution in [1.82, 2.24) is 15.5 Å². The Morgan fingerprint density at radius 1 is 1.21 bits per heavy atom. The Balaban J connectivity index is 1.69. The van der Waals surface area contributed by atoms with E-state index in [0.717, 1.165) is 6.07 Å². The first-order valence-corrected chi connectivity index (χ1v) is 7.61. The van der Waals surface area contributed by atoms with Crippen molar-refractivity contribution in [3.05, 3.63) is 69.8 Å². The van der Waals surface area contributed by atoms with E-state index in [-0.39, 0.29) is 23.0 Å². The van der Waals surface area contributed by atoms with Crippen LogP contribution in [0.25, 0.3) is 11.4 Å². The molecule has 0 fully saturated rings. The summed E-state index contributed by atoms with van der Waals surface area (Å²) < 4.78 is 18.7. The van der Waals surface area contributed by atoms with Gasteiger partial charge in [0, 0.05) is 10.6 Å². The van der Waals surface area contributed by atoms with Crippen molar-refractivity contribution >= 4 is 29.1 Å². The molecule has 0 atom stereocenters. The molecule has 2 aromatic carbocycles. The Kier molecular flexibility index (Phi) is 4.78. The minimum atomic E-state index is -0.706. The number of rotatable bonds is 4. The predicted molar refractivity (Wildman–Crippen MR) is 87.3 cm³/mol. The zero-order valence-corrected chi connectivity index (χ0v) is 13.6. The predicted octanol–water partition coefficient (Wildman–Crippen LogP) is 4.11. The third-order valence-corrected chi connectivity index (χ3v) is 3.72. The number of benzene rings is 2. The average molecular weight is 366 g/mol. The van der Waals surface area contributed by atoms with Crippen molar-refractivity contribution in [2.24, 2.45) is 0 Å². The van der Waals surface area contributed by atoms with Gasteiger partial charge >= 0.3 is 0 Å². The maximum atomic E-state index is 13.7. The molecule has 0 saturated heterocycles. The van der Waals surface area contributed by atoms with Crippen molar-refractivity contribution in [1.29, 1.82) is 0 Å². The van der Waals surface area contributed by atoms with Crippen LogP contribution in [0, 0.1) is 5.82 Å². The molecule has 24 heavy (non-hydrogen) atoms. The lowest BCUT2D eigenvalue weighted by atomic mass is 10.2. The third kappa shape index (κ3) is 3.55. The molecule has 122 valence electrons. The Morgan fingerprint density at radius 2 is 2.00 bits per heavy atom. The highest BCUT2D eigenvalue weighted by molar-refractivity contribution is 6.33. The van der Waals surface area contributed by atoms with Crippen LogP contribution in [-0.4, -0.2) is 16.0 Å². The summed E-state index contributed by atoms with van der Waals surface area (Å²) in [6, 6.07) is 10.8. The molecule has 0 unspecified atom stereocenters. The molecule has 3 aromatic rings. The second-order valence-corrected chi connectivity index (χ2v) is 5.64. The number of nitrogens with zero attached hydrogens (tertiary/aromatic N) is 2. The fraction of sp³-hybridized carbons (Fsp3) is 0.0625. The maximum absolute atomic E-state index is 13.7. The number of carbonyl (C=O) groups excluding carboxylic acids is 1. The number of hydrogen-bond acceptors (Lipinski definition) is 4. The number of halogens is 3. The van der Waals surface area contributed by atoms with Crippen LogP contribution in [0.2, 0.25) is 10.0 Å². The van der Waals surface area contributed by atoms with Gasteiger partial charge in [0.1, 0.15) is 5.82 Å². The Morgan fingerprint density at radius 3 is 2.75 bits per heavy atom. The van der Waals surface area contributed by atoms with Gasteiger partial charge in [0.25, 0.3) is 5.91 Å². The summed E-state index contributed by atoms with van der Waals surface area (Å²) in [4.78, 5) is 16.1. The summed E-state index contributed by atoms with van der Waals surface area (Å²) in [6.45, 7) is -0.0433. The van der Waals surface area contributed by atoms with Gasteiger partial charge in [0.05, 0.1) is 17.1 Å². The molecule has 0 bridgehead atoms. The number of nitrogens with one attached hydrogen (secondary N) is 1. The van der Waals surface area contributed by atoms with Crippen molar-refractivity contribution < 1.29 is 13.7 Å². The second-order valence-electron chi connectivity index (χ2n) is 4.80. The van der Waals surface area contributed by atoms with E-state index in [0.29, 0.717) is 16.4 Å². The van der Waals surface area contributed by atoms with E-state index in [1.54, 1.807) is 24.3 Å². The lowest BCUT2D eigenvalue weighted by Gasteiger charge is -2.03. The largest absolute Gasteiger partial charge is 0.343 e.